The molecule has 0 aliphatic rings. The molecule has 2 rings (SSSR count). The van der Waals surface area contributed by atoms with E-state index in [4.69, 9.17) is 0 Å². The molecule has 11 heavy (non-hydrogen) atoms. The Bertz CT molecular complexity index is 392. The van der Waals surface area contributed by atoms with Gasteiger partial charge in [0.2, 0.25) is 5.95 Å². The first kappa shape index (κ1) is 6.34. The number of aryl methyl sites for hydroxylation is 1. The molecule has 0 unspecified atom stereocenters. The first-order valence-corrected chi connectivity index (χ1v) is 3.37. The normalized spacial score (nSPS) is 10.7. The Kier molecular flexibility index (Phi) is 1.18. The summed E-state index contributed by atoms with van der Waals surface area (Å²) in [5, 5.41) is 0. The van der Waals surface area contributed by atoms with Crippen LogP contribution in [0.1, 0.15) is 5.56 Å². The molecule has 56 valence electrons. The lowest BCUT2D eigenvalue weighted by atomic mass is 10.2. The number of aromatic amines is 1. The third kappa shape index (κ3) is 0.888. The molecule has 0 saturated heterocycles. The summed E-state index contributed by atoms with van der Waals surface area (Å²) in [4.78, 5) is 6.68. The molecule has 0 atom stereocenters. The van der Waals surface area contributed by atoms with E-state index in [9.17, 15) is 4.39 Å². The molecule has 2 aromatic rings. The smallest absolute Gasteiger partial charge is 0.213 e. The Hall–Kier alpha value is -1.38. The highest BCUT2D eigenvalue weighted by Gasteiger charge is 2.01. The van der Waals surface area contributed by atoms with Gasteiger partial charge in [0.05, 0.1) is 11.0 Å². The van der Waals surface area contributed by atoms with Gasteiger partial charge in [-0.25, -0.2) is 4.98 Å². The van der Waals surface area contributed by atoms with Crippen LogP contribution >= 0.6 is 0 Å². The summed E-state index contributed by atoms with van der Waals surface area (Å²) in [6, 6.07) is 3.17. The Labute approximate surface area is 63.1 Å². The van der Waals surface area contributed by atoms with Crippen molar-refractivity contribution >= 4 is 11.0 Å². The summed E-state index contributed by atoms with van der Waals surface area (Å²) in [6.45, 7) is 1.85. The molecule has 0 spiro atoms. The molecule has 0 radical (unpaired) electrons. The second-order valence-electron chi connectivity index (χ2n) is 2.50. The second kappa shape index (κ2) is 2.05. The Morgan fingerprint density at radius 2 is 2.36 bits per heavy atom. The molecular formula is C8H7FN2. The van der Waals surface area contributed by atoms with Gasteiger partial charge in [-0.1, -0.05) is 0 Å². The van der Waals surface area contributed by atoms with Crippen molar-refractivity contribution in [3.8, 4) is 0 Å². The van der Waals surface area contributed by atoms with Crippen molar-refractivity contribution < 1.29 is 4.39 Å². The van der Waals surface area contributed by atoms with Crippen LogP contribution in [0.2, 0.25) is 0 Å². The van der Waals surface area contributed by atoms with Gasteiger partial charge in [0.15, 0.2) is 0 Å². The molecule has 0 fully saturated rings. The van der Waals surface area contributed by atoms with Gasteiger partial charge >= 0.3 is 0 Å². The lowest BCUT2D eigenvalue weighted by molar-refractivity contribution is 0.588. The first-order chi connectivity index (χ1) is 5.27. The van der Waals surface area contributed by atoms with Crippen LogP contribution in [0.5, 0.6) is 0 Å². The van der Waals surface area contributed by atoms with Gasteiger partial charge in [0, 0.05) is 6.20 Å². The van der Waals surface area contributed by atoms with Crippen molar-refractivity contribution in [3.05, 3.63) is 29.8 Å². The van der Waals surface area contributed by atoms with Gasteiger partial charge in [0.1, 0.15) is 0 Å². The number of halogens is 1. The number of hydrogen-bond acceptors (Lipinski definition) is 1. The first-order valence-electron chi connectivity index (χ1n) is 3.37. The zero-order chi connectivity index (χ0) is 7.84. The fraction of sp³-hybridized carbons (Fsp3) is 0.125. The molecule has 2 heterocycles. The molecule has 0 saturated carbocycles. The molecule has 2 aromatic heterocycles. The number of aromatic nitrogens is 2. The molecule has 0 aromatic carbocycles. The van der Waals surface area contributed by atoms with E-state index in [1.165, 1.54) is 6.07 Å². The van der Waals surface area contributed by atoms with Crippen LogP contribution in [-0.4, -0.2) is 9.97 Å². The van der Waals surface area contributed by atoms with Crippen LogP contribution in [0.25, 0.3) is 11.0 Å². The van der Waals surface area contributed by atoms with Gasteiger partial charge in [-0.2, -0.15) is 4.39 Å². The Morgan fingerprint density at radius 1 is 1.55 bits per heavy atom. The summed E-state index contributed by atoms with van der Waals surface area (Å²) >= 11 is 0. The monoisotopic (exact) mass is 150 g/mol. The summed E-state index contributed by atoms with van der Waals surface area (Å²) in [5.74, 6) is -0.422. The average molecular weight is 150 g/mol. The Balaban J connectivity index is 2.91. The molecule has 0 bridgehead atoms. The van der Waals surface area contributed by atoms with E-state index in [2.05, 4.69) is 9.97 Å². The molecule has 3 heteroatoms. The number of pyridine rings is 1. The van der Waals surface area contributed by atoms with E-state index >= 15 is 0 Å². The predicted molar refractivity (Wildman–Crippen MR) is 40.8 cm³/mol. The fourth-order valence-corrected chi connectivity index (χ4v) is 1.17. The van der Waals surface area contributed by atoms with E-state index in [-0.39, 0.29) is 0 Å². The molecular weight excluding hydrogens is 143 g/mol. The zero-order valence-electron chi connectivity index (χ0n) is 6.06. The number of nitrogens with zero attached hydrogens (tertiary/aromatic N) is 1. The average Bonchev–Trinajstić information content (AvgIpc) is 2.34. The molecule has 0 amide bonds. The number of nitrogens with one attached hydrogen (secondary N) is 1. The van der Waals surface area contributed by atoms with Crippen molar-refractivity contribution in [3.63, 3.8) is 0 Å². The van der Waals surface area contributed by atoms with Crippen LogP contribution in [0, 0.1) is 12.9 Å². The summed E-state index contributed by atoms with van der Waals surface area (Å²) in [6.07, 6.45) is 1.75. The molecule has 1 N–H and O–H groups in total. The van der Waals surface area contributed by atoms with Crippen molar-refractivity contribution in [2.75, 3.05) is 0 Å². The van der Waals surface area contributed by atoms with Gasteiger partial charge in [-0.15, -0.1) is 0 Å². The van der Waals surface area contributed by atoms with Crippen LogP contribution in [0.15, 0.2) is 18.3 Å². The lowest BCUT2D eigenvalue weighted by Crippen LogP contribution is -1.85. The Morgan fingerprint density at radius 3 is 3.18 bits per heavy atom. The highest BCUT2D eigenvalue weighted by molar-refractivity contribution is 5.77. The van der Waals surface area contributed by atoms with Gasteiger partial charge < -0.3 is 4.98 Å². The maximum atomic E-state index is 12.6. The summed E-state index contributed by atoms with van der Waals surface area (Å²) in [5.41, 5.74) is 2.48. The molecule has 0 aliphatic carbocycles. The van der Waals surface area contributed by atoms with Crippen LogP contribution in [0.4, 0.5) is 4.39 Å². The van der Waals surface area contributed by atoms with Crippen LogP contribution in [-0.2, 0) is 0 Å². The third-order valence-electron chi connectivity index (χ3n) is 1.68. The minimum atomic E-state index is -0.422. The number of hydrogen-bond donors (Lipinski definition) is 1. The zero-order valence-corrected chi connectivity index (χ0v) is 6.06. The number of fused-ring (bicyclic) bond motifs is 1. The van der Waals surface area contributed by atoms with E-state index in [0.29, 0.717) is 5.52 Å². The highest BCUT2D eigenvalue weighted by atomic mass is 19.1. The minimum Gasteiger partial charge on any atom is -0.360 e. The van der Waals surface area contributed by atoms with Gasteiger partial charge in [0.25, 0.3) is 0 Å². The van der Waals surface area contributed by atoms with Crippen molar-refractivity contribution in [2.45, 2.75) is 6.92 Å². The van der Waals surface area contributed by atoms with E-state index < -0.39 is 5.95 Å². The van der Waals surface area contributed by atoms with Gasteiger partial charge in [-0.3, -0.25) is 0 Å². The maximum Gasteiger partial charge on any atom is 0.213 e. The van der Waals surface area contributed by atoms with Crippen molar-refractivity contribution in [2.24, 2.45) is 0 Å². The third-order valence-corrected chi connectivity index (χ3v) is 1.68. The highest BCUT2D eigenvalue weighted by Crippen LogP contribution is 2.14. The lowest BCUT2D eigenvalue weighted by Gasteiger charge is -1.94. The standard InChI is InChI=1S/C8H7FN2/c1-5-4-7(9)11-6-2-3-10-8(5)6/h2-4,10H,1H3. The van der Waals surface area contributed by atoms with E-state index in [1.807, 2.05) is 6.92 Å². The van der Waals surface area contributed by atoms with Crippen molar-refractivity contribution in [1.29, 1.82) is 0 Å². The quantitative estimate of drug-likeness (QED) is 0.572. The largest absolute Gasteiger partial charge is 0.360 e. The van der Waals surface area contributed by atoms with E-state index in [1.54, 1.807) is 12.3 Å². The van der Waals surface area contributed by atoms with Crippen LogP contribution in [0.3, 0.4) is 0 Å². The van der Waals surface area contributed by atoms with Crippen molar-refractivity contribution in [1.82, 2.24) is 9.97 Å². The summed E-state index contributed by atoms with van der Waals surface area (Å²) in [7, 11) is 0. The number of H-pyrrole nitrogens is 1. The minimum absolute atomic E-state index is 0.422. The summed E-state index contributed by atoms with van der Waals surface area (Å²) < 4.78 is 12.6. The molecule has 2 nitrogen and oxygen atoms in total. The van der Waals surface area contributed by atoms with Crippen LogP contribution < -0.4 is 0 Å². The fourth-order valence-electron chi connectivity index (χ4n) is 1.17. The number of rotatable bonds is 0. The SMILES string of the molecule is Cc1cc(F)nc2cc[nH]c12. The predicted octanol–water partition coefficient (Wildman–Crippen LogP) is 2.01. The maximum absolute atomic E-state index is 12.6. The molecule has 0 aliphatic heterocycles. The second-order valence-corrected chi connectivity index (χ2v) is 2.50. The van der Waals surface area contributed by atoms with Gasteiger partial charge in [-0.05, 0) is 24.6 Å². The topological polar surface area (TPSA) is 28.7 Å². The van der Waals surface area contributed by atoms with E-state index in [0.717, 1.165) is 11.1 Å².